The summed E-state index contributed by atoms with van der Waals surface area (Å²) in [6.07, 6.45) is 1.51. The standard InChI is InChI=1S/C12H17ClO/c1-9(2)3-8-12(14)10-4-6-11(13)7-5-10/h4-7,9,12,14H,3,8H2,1-2H3/t12-/m0/s1. The Labute approximate surface area is 90.7 Å². The first-order chi connectivity index (χ1) is 6.59. The molecule has 1 rings (SSSR count). The maximum Gasteiger partial charge on any atom is 0.0790 e. The van der Waals surface area contributed by atoms with Crippen molar-refractivity contribution in [3.8, 4) is 0 Å². The summed E-state index contributed by atoms with van der Waals surface area (Å²) in [5, 5.41) is 10.5. The van der Waals surface area contributed by atoms with Crippen molar-refractivity contribution in [1.82, 2.24) is 0 Å². The van der Waals surface area contributed by atoms with Gasteiger partial charge in [-0.1, -0.05) is 37.6 Å². The van der Waals surface area contributed by atoms with Crippen molar-refractivity contribution in [3.63, 3.8) is 0 Å². The van der Waals surface area contributed by atoms with Crippen molar-refractivity contribution in [3.05, 3.63) is 34.9 Å². The highest BCUT2D eigenvalue weighted by Gasteiger charge is 2.07. The zero-order valence-corrected chi connectivity index (χ0v) is 9.46. The molecule has 0 heterocycles. The highest BCUT2D eigenvalue weighted by molar-refractivity contribution is 6.30. The van der Waals surface area contributed by atoms with E-state index in [4.69, 9.17) is 11.6 Å². The molecule has 1 N–H and O–H groups in total. The van der Waals surface area contributed by atoms with E-state index in [1.165, 1.54) is 0 Å². The van der Waals surface area contributed by atoms with Crippen molar-refractivity contribution < 1.29 is 5.11 Å². The Kier molecular flexibility index (Phi) is 4.43. The first-order valence-electron chi connectivity index (χ1n) is 5.03. The first kappa shape index (κ1) is 11.5. The van der Waals surface area contributed by atoms with Crippen molar-refractivity contribution in [2.24, 2.45) is 5.92 Å². The summed E-state index contributed by atoms with van der Waals surface area (Å²) in [4.78, 5) is 0. The summed E-state index contributed by atoms with van der Waals surface area (Å²) < 4.78 is 0. The zero-order chi connectivity index (χ0) is 10.6. The SMILES string of the molecule is CC(C)CC[C@H](O)c1ccc(Cl)cc1. The predicted octanol–water partition coefficient (Wildman–Crippen LogP) is 3.81. The Hall–Kier alpha value is -0.530. The molecule has 2 heteroatoms. The molecule has 14 heavy (non-hydrogen) atoms. The molecule has 1 aromatic rings. The molecule has 0 saturated carbocycles. The lowest BCUT2D eigenvalue weighted by atomic mass is 10.0. The average molecular weight is 213 g/mol. The van der Waals surface area contributed by atoms with Crippen LogP contribution in [0, 0.1) is 5.92 Å². The molecule has 0 amide bonds. The van der Waals surface area contributed by atoms with E-state index in [2.05, 4.69) is 13.8 Å². The minimum Gasteiger partial charge on any atom is -0.388 e. The second-order valence-electron chi connectivity index (χ2n) is 4.04. The van der Waals surface area contributed by atoms with Crippen LogP contribution in [0.15, 0.2) is 24.3 Å². The normalized spacial score (nSPS) is 13.2. The topological polar surface area (TPSA) is 20.2 Å². The van der Waals surface area contributed by atoms with Gasteiger partial charge in [-0.25, -0.2) is 0 Å². The molecule has 1 atom stereocenters. The quantitative estimate of drug-likeness (QED) is 0.805. The van der Waals surface area contributed by atoms with Crippen LogP contribution in [0.25, 0.3) is 0 Å². The summed E-state index contributed by atoms with van der Waals surface area (Å²) in [6, 6.07) is 7.39. The van der Waals surface area contributed by atoms with E-state index >= 15 is 0 Å². The van der Waals surface area contributed by atoms with Gasteiger partial charge in [-0.3, -0.25) is 0 Å². The fourth-order valence-electron chi connectivity index (χ4n) is 1.34. The maximum atomic E-state index is 9.82. The van der Waals surface area contributed by atoms with Crippen LogP contribution in [0.5, 0.6) is 0 Å². The number of halogens is 1. The molecular weight excluding hydrogens is 196 g/mol. The predicted molar refractivity (Wildman–Crippen MR) is 60.5 cm³/mol. The van der Waals surface area contributed by atoms with Crippen LogP contribution in [-0.4, -0.2) is 5.11 Å². The number of hydrogen-bond acceptors (Lipinski definition) is 1. The van der Waals surface area contributed by atoms with Gasteiger partial charge in [0, 0.05) is 5.02 Å². The monoisotopic (exact) mass is 212 g/mol. The molecule has 0 saturated heterocycles. The third-order valence-electron chi connectivity index (χ3n) is 2.27. The van der Waals surface area contributed by atoms with Crippen LogP contribution in [0.3, 0.4) is 0 Å². The summed E-state index contributed by atoms with van der Waals surface area (Å²) in [6.45, 7) is 4.32. The van der Waals surface area contributed by atoms with Crippen LogP contribution in [-0.2, 0) is 0 Å². The van der Waals surface area contributed by atoms with E-state index in [1.54, 1.807) is 0 Å². The van der Waals surface area contributed by atoms with Gasteiger partial charge in [0.05, 0.1) is 6.10 Å². The van der Waals surface area contributed by atoms with Crippen molar-refractivity contribution in [1.29, 1.82) is 0 Å². The van der Waals surface area contributed by atoms with Gasteiger partial charge >= 0.3 is 0 Å². The van der Waals surface area contributed by atoms with Gasteiger partial charge in [-0.2, -0.15) is 0 Å². The third-order valence-corrected chi connectivity index (χ3v) is 2.52. The first-order valence-corrected chi connectivity index (χ1v) is 5.41. The van der Waals surface area contributed by atoms with Gasteiger partial charge in [0.2, 0.25) is 0 Å². The molecule has 0 fully saturated rings. The number of hydrogen-bond donors (Lipinski definition) is 1. The van der Waals surface area contributed by atoms with E-state index in [-0.39, 0.29) is 6.10 Å². The molecule has 0 radical (unpaired) electrons. The zero-order valence-electron chi connectivity index (χ0n) is 8.70. The van der Waals surface area contributed by atoms with Crippen molar-refractivity contribution in [2.45, 2.75) is 32.8 Å². The smallest absolute Gasteiger partial charge is 0.0790 e. The highest BCUT2D eigenvalue weighted by Crippen LogP contribution is 2.22. The van der Waals surface area contributed by atoms with Crippen LogP contribution >= 0.6 is 11.6 Å². The van der Waals surface area contributed by atoms with E-state index in [1.807, 2.05) is 24.3 Å². The van der Waals surface area contributed by atoms with Crippen LogP contribution < -0.4 is 0 Å². The molecule has 0 aliphatic rings. The Balaban J connectivity index is 2.52. The fraction of sp³-hybridized carbons (Fsp3) is 0.500. The van der Waals surface area contributed by atoms with Crippen molar-refractivity contribution >= 4 is 11.6 Å². The third kappa shape index (κ3) is 3.69. The molecule has 1 aromatic carbocycles. The second-order valence-corrected chi connectivity index (χ2v) is 4.47. The van der Waals surface area contributed by atoms with Gasteiger partial charge in [-0.05, 0) is 36.5 Å². The van der Waals surface area contributed by atoms with Gasteiger partial charge < -0.3 is 5.11 Å². The Morgan fingerprint density at radius 3 is 2.21 bits per heavy atom. The van der Waals surface area contributed by atoms with Crippen molar-refractivity contribution in [2.75, 3.05) is 0 Å². The van der Waals surface area contributed by atoms with E-state index < -0.39 is 0 Å². The summed E-state index contributed by atoms with van der Waals surface area (Å²) in [7, 11) is 0. The Morgan fingerprint density at radius 2 is 1.71 bits per heavy atom. The molecule has 0 bridgehead atoms. The van der Waals surface area contributed by atoms with E-state index in [0.717, 1.165) is 18.4 Å². The van der Waals surface area contributed by atoms with Gasteiger partial charge in [0.15, 0.2) is 0 Å². The molecule has 1 nitrogen and oxygen atoms in total. The van der Waals surface area contributed by atoms with Crippen LogP contribution in [0.1, 0.15) is 38.4 Å². The molecule has 0 unspecified atom stereocenters. The molecule has 0 aliphatic carbocycles. The lowest BCUT2D eigenvalue weighted by Gasteiger charge is -2.12. The Morgan fingerprint density at radius 1 is 1.14 bits per heavy atom. The maximum absolute atomic E-state index is 9.82. The molecule has 78 valence electrons. The van der Waals surface area contributed by atoms with Gasteiger partial charge in [-0.15, -0.1) is 0 Å². The minimum absolute atomic E-state index is 0.352. The number of aliphatic hydroxyl groups is 1. The van der Waals surface area contributed by atoms with Gasteiger partial charge in [0.25, 0.3) is 0 Å². The second kappa shape index (κ2) is 5.38. The summed E-state index contributed by atoms with van der Waals surface area (Å²) >= 11 is 5.76. The summed E-state index contributed by atoms with van der Waals surface area (Å²) in [5.41, 5.74) is 0.954. The molecule has 0 aliphatic heterocycles. The lowest BCUT2D eigenvalue weighted by molar-refractivity contribution is 0.159. The molecule has 0 spiro atoms. The fourth-order valence-corrected chi connectivity index (χ4v) is 1.47. The minimum atomic E-state index is -0.352. The highest BCUT2D eigenvalue weighted by atomic mass is 35.5. The van der Waals surface area contributed by atoms with E-state index in [0.29, 0.717) is 10.9 Å². The Bertz CT molecular complexity index is 266. The van der Waals surface area contributed by atoms with E-state index in [9.17, 15) is 5.11 Å². The molecular formula is C12H17ClO. The average Bonchev–Trinajstić information content (AvgIpc) is 2.15. The van der Waals surface area contributed by atoms with Gasteiger partial charge in [0.1, 0.15) is 0 Å². The van der Waals surface area contributed by atoms with Crippen LogP contribution in [0.4, 0.5) is 0 Å². The number of aliphatic hydroxyl groups excluding tert-OH is 1. The number of rotatable bonds is 4. The summed E-state index contributed by atoms with van der Waals surface area (Å²) in [5.74, 6) is 0.636. The van der Waals surface area contributed by atoms with Crippen LogP contribution in [0.2, 0.25) is 5.02 Å². The number of benzene rings is 1. The lowest BCUT2D eigenvalue weighted by Crippen LogP contribution is -1.99. The molecule has 0 aromatic heterocycles. The largest absolute Gasteiger partial charge is 0.388 e.